The van der Waals surface area contributed by atoms with E-state index in [1.165, 1.54) is 0 Å². The Morgan fingerprint density at radius 2 is 2.14 bits per heavy atom. The van der Waals surface area contributed by atoms with Crippen molar-refractivity contribution in [1.29, 1.82) is 0 Å². The van der Waals surface area contributed by atoms with Crippen LogP contribution in [0.2, 0.25) is 0 Å². The molecule has 0 aromatic rings. The minimum Gasteiger partial charge on any atom is -0.340 e. The van der Waals surface area contributed by atoms with Crippen LogP contribution in [0.15, 0.2) is 0 Å². The molecule has 1 aliphatic rings. The molecule has 0 saturated carbocycles. The lowest BCUT2D eigenvalue weighted by Gasteiger charge is -2.23. The highest BCUT2D eigenvalue weighted by Crippen LogP contribution is 2.26. The molecule has 0 bridgehead atoms. The van der Waals surface area contributed by atoms with E-state index in [9.17, 15) is 4.79 Å². The normalized spacial score (nSPS) is 24.8. The third kappa shape index (κ3) is 2.47. The quantitative estimate of drug-likeness (QED) is 0.733. The van der Waals surface area contributed by atoms with Crippen molar-refractivity contribution in [2.75, 3.05) is 20.1 Å². The molecule has 82 valence electrons. The predicted molar refractivity (Wildman–Crippen MR) is 58.0 cm³/mol. The van der Waals surface area contributed by atoms with Gasteiger partial charge in [0.15, 0.2) is 0 Å². The highest BCUT2D eigenvalue weighted by molar-refractivity contribution is 5.78. The molecule has 0 radical (unpaired) electrons. The van der Waals surface area contributed by atoms with Crippen LogP contribution in [0.4, 0.5) is 0 Å². The van der Waals surface area contributed by atoms with Gasteiger partial charge in [0, 0.05) is 19.0 Å². The maximum Gasteiger partial charge on any atom is 0.223 e. The van der Waals surface area contributed by atoms with E-state index in [0.29, 0.717) is 23.8 Å². The lowest BCUT2D eigenvalue weighted by Crippen LogP contribution is -2.33. The van der Waals surface area contributed by atoms with E-state index >= 15 is 0 Å². The van der Waals surface area contributed by atoms with E-state index in [1.807, 2.05) is 11.9 Å². The van der Waals surface area contributed by atoms with Crippen LogP contribution in [0, 0.1) is 11.8 Å². The number of rotatable bonds is 4. The van der Waals surface area contributed by atoms with Gasteiger partial charge in [-0.25, -0.2) is 0 Å². The van der Waals surface area contributed by atoms with E-state index in [1.54, 1.807) is 0 Å². The first kappa shape index (κ1) is 11.5. The van der Waals surface area contributed by atoms with Crippen LogP contribution in [-0.4, -0.2) is 37.0 Å². The monoisotopic (exact) mass is 198 g/mol. The summed E-state index contributed by atoms with van der Waals surface area (Å²) in [4.78, 5) is 13.6. The van der Waals surface area contributed by atoms with Crippen molar-refractivity contribution >= 4 is 5.91 Å². The molecule has 14 heavy (non-hydrogen) atoms. The van der Waals surface area contributed by atoms with Gasteiger partial charge in [0.1, 0.15) is 0 Å². The fraction of sp³-hybridized carbons (Fsp3) is 0.909. The van der Waals surface area contributed by atoms with Gasteiger partial charge in [-0.05, 0) is 39.3 Å². The summed E-state index contributed by atoms with van der Waals surface area (Å²) in [5.41, 5.74) is 0. The second kappa shape index (κ2) is 4.78. The van der Waals surface area contributed by atoms with Crippen LogP contribution in [0.25, 0.3) is 0 Å². The minimum absolute atomic E-state index is 0.327. The molecule has 1 saturated heterocycles. The van der Waals surface area contributed by atoms with Crippen molar-refractivity contribution in [3.63, 3.8) is 0 Å². The maximum atomic E-state index is 11.6. The first-order valence-electron chi connectivity index (χ1n) is 5.50. The Kier molecular flexibility index (Phi) is 3.93. The Labute approximate surface area is 86.9 Å². The summed E-state index contributed by atoms with van der Waals surface area (Å²) < 4.78 is 0. The van der Waals surface area contributed by atoms with Crippen molar-refractivity contribution in [3.05, 3.63) is 0 Å². The number of likely N-dealkylation sites (tertiary alicyclic amines) is 1. The first-order valence-corrected chi connectivity index (χ1v) is 5.50. The Morgan fingerprint density at radius 1 is 1.50 bits per heavy atom. The van der Waals surface area contributed by atoms with Crippen molar-refractivity contribution in [2.24, 2.45) is 11.8 Å². The van der Waals surface area contributed by atoms with Gasteiger partial charge in [-0.3, -0.25) is 4.79 Å². The average Bonchev–Trinajstić information content (AvgIpc) is 2.48. The molecule has 3 nitrogen and oxygen atoms in total. The SMILES string of the molecule is CNCC(C)C1CC(=O)N(C(C)C)C1. The van der Waals surface area contributed by atoms with Crippen molar-refractivity contribution in [3.8, 4) is 0 Å². The maximum absolute atomic E-state index is 11.6. The fourth-order valence-corrected chi connectivity index (χ4v) is 2.13. The van der Waals surface area contributed by atoms with Gasteiger partial charge >= 0.3 is 0 Å². The number of hydrogen-bond acceptors (Lipinski definition) is 2. The van der Waals surface area contributed by atoms with Gasteiger partial charge in [0.2, 0.25) is 5.91 Å². The number of hydrogen-bond donors (Lipinski definition) is 1. The Hall–Kier alpha value is -0.570. The van der Waals surface area contributed by atoms with Gasteiger partial charge in [-0.2, -0.15) is 0 Å². The van der Waals surface area contributed by atoms with Crippen LogP contribution in [0.3, 0.4) is 0 Å². The standard InChI is InChI=1S/C11H22N2O/c1-8(2)13-7-10(5-11(13)14)9(3)6-12-4/h8-10,12H,5-7H2,1-4H3. The highest BCUT2D eigenvalue weighted by atomic mass is 16.2. The molecule has 2 unspecified atom stereocenters. The zero-order valence-corrected chi connectivity index (χ0v) is 9.71. The molecule has 0 aromatic carbocycles. The molecule has 3 heteroatoms. The average molecular weight is 198 g/mol. The molecule has 1 aliphatic heterocycles. The van der Waals surface area contributed by atoms with Crippen molar-refractivity contribution in [1.82, 2.24) is 10.2 Å². The van der Waals surface area contributed by atoms with Gasteiger partial charge in [0.05, 0.1) is 0 Å². The minimum atomic E-state index is 0.327. The molecular formula is C11H22N2O. The summed E-state index contributed by atoms with van der Waals surface area (Å²) in [6.45, 7) is 8.34. The Morgan fingerprint density at radius 3 is 2.57 bits per heavy atom. The smallest absolute Gasteiger partial charge is 0.223 e. The zero-order valence-electron chi connectivity index (χ0n) is 9.71. The van der Waals surface area contributed by atoms with Crippen LogP contribution >= 0.6 is 0 Å². The van der Waals surface area contributed by atoms with Crippen molar-refractivity contribution < 1.29 is 4.79 Å². The second-order valence-corrected chi connectivity index (χ2v) is 4.64. The van der Waals surface area contributed by atoms with Crippen LogP contribution in [0.5, 0.6) is 0 Å². The Bertz CT molecular complexity index is 203. The Balaban J connectivity index is 2.50. The van der Waals surface area contributed by atoms with E-state index < -0.39 is 0 Å². The summed E-state index contributed by atoms with van der Waals surface area (Å²) in [6.07, 6.45) is 0.737. The molecule has 1 heterocycles. The van der Waals surface area contributed by atoms with Gasteiger partial charge in [-0.15, -0.1) is 0 Å². The number of carbonyl (C=O) groups is 1. The molecule has 0 spiro atoms. The van der Waals surface area contributed by atoms with E-state index in [2.05, 4.69) is 26.1 Å². The summed E-state index contributed by atoms with van der Waals surface area (Å²) in [6, 6.07) is 0.356. The summed E-state index contributed by atoms with van der Waals surface area (Å²) in [7, 11) is 1.97. The van der Waals surface area contributed by atoms with Crippen LogP contribution < -0.4 is 5.32 Å². The third-order valence-corrected chi connectivity index (χ3v) is 3.14. The molecular weight excluding hydrogens is 176 g/mol. The van der Waals surface area contributed by atoms with Gasteiger partial charge in [-0.1, -0.05) is 6.92 Å². The fourth-order valence-electron chi connectivity index (χ4n) is 2.13. The van der Waals surface area contributed by atoms with Crippen molar-refractivity contribution in [2.45, 2.75) is 33.2 Å². The number of nitrogens with zero attached hydrogens (tertiary/aromatic N) is 1. The molecule has 0 aliphatic carbocycles. The molecule has 1 amide bonds. The second-order valence-electron chi connectivity index (χ2n) is 4.64. The molecule has 0 aromatic heterocycles. The lowest BCUT2D eigenvalue weighted by atomic mass is 9.93. The number of carbonyl (C=O) groups excluding carboxylic acids is 1. The van der Waals surface area contributed by atoms with E-state index in [4.69, 9.17) is 0 Å². The summed E-state index contributed by atoms with van der Waals surface area (Å²) in [5.74, 6) is 1.46. The molecule has 1 N–H and O–H groups in total. The summed E-state index contributed by atoms with van der Waals surface area (Å²) >= 11 is 0. The zero-order chi connectivity index (χ0) is 10.7. The topological polar surface area (TPSA) is 32.3 Å². The van der Waals surface area contributed by atoms with Gasteiger partial charge in [0.25, 0.3) is 0 Å². The molecule has 1 fully saturated rings. The number of nitrogens with one attached hydrogen (secondary N) is 1. The lowest BCUT2D eigenvalue weighted by molar-refractivity contribution is -0.129. The molecule has 2 atom stereocenters. The van der Waals surface area contributed by atoms with Crippen LogP contribution in [-0.2, 0) is 4.79 Å². The van der Waals surface area contributed by atoms with E-state index in [-0.39, 0.29) is 0 Å². The summed E-state index contributed by atoms with van der Waals surface area (Å²) in [5, 5.41) is 3.17. The van der Waals surface area contributed by atoms with Crippen LogP contribution in [0.1, 0.15) is 27.2 Å². The highest BCUT2D eigenvalue weighted by Gasteiger charge is 2.33. The largest absolute Gasteiger partial charge is 0.340 e. The van der Waals surface area contributed by atoms with Gasteiger partial charge < -0.3 is 10.2 Å². The predicted octanol–water partition coefficient (Wildman–Crippen LogP) is 1.10. The first-order chi connectivity index (χ1) is 6.56. The number of amides is 1. The third-order valence-electron chi connectivity index (χ3n) is 3.14. The van der Waals surface area contributed by atoms with E-state index in [0.717, 1.165) is 19.5 Å². The molecule has 1 rings (SSSR count).